The summed E-state index contributed by atoms with van der Waals surface area (Å²) in [5.41, 5.74) is 0.0901. The van der Waals surface area contributed by atoms with Gasteiger partial charge in [0.25, 0.3) is 5.91 Å². The van der Waals surface area contributed by atoms with Crippen molar-refractivity contribution in [2.75, 3.05) is 11.9 Å². The van der Waals surface area contributed by atoms with Gasteiger partial charge in [0.05, 0.1) is 12.2 Å². The average molecular weight is 356 g/mol. The first-order chi connectivity index (χ1) is 11.4. The number of thiophene rings is 1. The van der Waals surface area contributed by atoms with E-state index in [1.165, 1.54) is 17.4 Å². The molecule has 5 nitrogen and oxygen atoms in total. The van der Waals surface area contributed by atoms with Crippen LogP contribution in [0.4, 0.5) is 19.0 Å². The number of nitrogens with one attached hydrogen (secondary N) is 2. The Morgan fingerprint density at radius 1 is 1.58 bits per heavy atom. The average Bonchev–Trinajstić information content (AvgIpc) is 3.19. The van der Waals surface area contributed by atoms with E-state index in [1.54, 1.807) is 12.1 Å². The summed E-state index contributed by atoms with van der Waals surface area (Å²) >= 11 is 1.37. The van der Waals surface area contributed by atoms with E-state index < -0.39 is 24.2 Å². The SMILES string of the molecule is C=CCNC(=O)c1cnn2c1NC(c1cccs1)CC2C(F)(F)F. The number of aromatic nitrogens is 2. The number of nitrogens with zero attached hydrogens (tertiary/aromatic N) is 2. The molecule has 2 unspecified atom stereocenters. The first kappa shape index (κ1) is 16.6. The molecule has 2 N–H and O–H groups in total. The summed E-state index contributed by atoms with van der Waals surface area (Å²) in [5.74, 6) is -0.403. The fourth-order valence-corrected chi connectivity index (χ4v) is 3.46. The summed E-state index contributed by atoms with van der Waals surface area (Å²) in [4.78, 5) is 12.9. The molecule has 128 valence electrons. The predicted octanol–water partition coefficient (Wildman–Crippen LogP) is 3.52. The smallest absolute Gasteiger partial charge is 0.362 e. The largest absolute Gasteiger partial charge is 0.410 e. The third-order valence-electron chi connectivity index (χ3n) is 3.78. The van der Waals surface area contributed by atoms with E-state index in [0.717, 1.165) is 15.8 Å². The lowest BCUT2D eigenvalue weighted by Crippen LogP contribution is -2.36. The molecule has 1 aliphatic rings. The van der Waals surface area contributed by atoms with Crippen LogP contribution >= 0.6 is 11.3 Å². The molecule has 0 saturated carbocycles. The van der Waals surface area contributed by atoms with E-state index in [0.29, 0.717) is 0 Å². The number of fused-ring (bicyclic) bond motifs is 1. The van der Waals surface area contributed by atoms with Crippen LogP contribution in [0.15, 0.2) is 36.4 Å². The van der Waals surface area contributed by atoms with Crippen LogP contribution in [0.25, 0.3) is 0 Å². The number of carbonyl (C=O) groups excluding carboxylic acids is 1. The van der Waals surface area contributed by atoms with Crippen molar-refractivity contribution in [1.82, 2.24) is 15.1 Å². The lowest BCUT2D eigenvalue weighted by atomic mass is 10.0. The molecule has 3 rings (SSSR count). The Bertz CT molecular complexity index is 738. The summed E-state index contributed by atoms with van der Waals surface area (Å²) in [6.45, 7) is 3.72. The van der Waals surface area contributed by atoms with E-state index in [2.05, 4.69) is 22.3 Å². The number of hydrogen-bond acceptors (Lipinski definition) is 4. The van der Waals surface area contributed by atoms with Crippen molar-refractivity contribution in [2.45, 2.75) is 24.7 Å². The van der Waals surface area contributed by atoms with Gasteiger partial charge in [-0.25, -0.2) is 4.68 Å². The van der Waals surface area contributed by atoms with Crippen molar-refractivity contribution in [3.05, 3.63) is 46.8 Å². The zero-order chi connectivity index (χ0) is 17.3. The molecule has 1 amide bonds. The summed E-state index contributed by atoms with van der Waals surface area (Å²) in [6, 6.07) is 1.27. The van der Waals surface area contributed by atoms with Crippen LogP contribution in [0.5, 0.6) is 0 Å². The second kappa shape index (κ2) is 6.31. The van der Waals surface area contributed by atoms with Crippen molar-refractivity contribution in [2.24, 2.45) is 0 Å². The van der Waals surface area contributed by atoms with Gasteiger partial charge in [0.1, 0.15) is 11.4 Å². The summed E-state index contributed by atoms with van der Waals surface area (Å²) < 4.78 is 41.2. The molecule has 1 aliphatic heterocycles. The molecule has 0 saturated heterocycles. The summed E-state index contributed by atoms with van der Waals surface area (Å²) in [7, 11) is 0. The molecule has 24 heavy (non-hydrogen) atoms. The molecule has 0 aliphatic carbocycles. The van der Waals surface area contributed by atoms with Crippen molar-refractivity contribution in [3.63, 3.8) is 0 Å². The van der Waals surface area contributed by atoms with Crippen LogP contribution in [0, 0.1) is 0 Å². The number of carbonyl (C=O) groups is 1. The normalized spacial score (nSPS) is 20.1. The Hall–Kier alpha value is -2.29. The zero-order valence-electron chi connectivity index (χ0n) is 12.5. The monoisotopic (exact) mass is 356 g/mol. The molecule has 9 heteroatoms. The quantitative estimate of drug-likeness (QED) is 0.824. The van der Waals surface area contributed by atoms with Gasteiger partial charge in [0.15, 0.2) is 6.04 Å². The minimum absolute atomic E-state index is 0.0866. The molecule has 2 atom stereocenters. The summed E-state index contributed by atoms with van der Waals surface area (Å²) in [6.07, 6.45) is -1.97. The number of alkyl halides is 3. The Morgan fingerprint density at radius 2 is 2.38 bits per heavy atom. The predicted molar refractivity (Wildman–Crippen MR) is 85.1 cm³/mol. The molecule has 0 radical (unpaired) electrons. The Morgan fingerprint density at radius 3 is 3.00 bits per heavy atom. The molecule has 0 fully saturated rings. The Kier molecular flexibility index (Phi) is 4.35. The molecular formula is C15H15F3N4OS. The van der Waals surface area contributed by atoms with Crippen molar-refractivity contribution in [3.8, 4) is 0 Å². The molecule has 3 heterocycles. The lowest BCUT2D eigenvalue weighted by molar-refractivity contribution is -0.173. The van der Waals surface area contributed by atoms with Gasteiger partial charge in [0.2, 0.25) is 0 Å². The number of anilines is 1. The van der Waals surface area contributed by atoms with E-state index in [1.807, 2.05) is 5.38 Å². The summed E-state index contributed by atoms with van der Waals surface area (Å²) in [5, 5.41) is 11.2. The van der Waals surface area contributed by atoms with Gasteiger partial charge < -0.3 is 10.6 Å². The molecular weight excluding hydrogens is 341 g/mol. The van der Waals surface area contributed by atoms with Gasteiger partial charge in [-0.3, -0.25) is 4.79 Å². The maximum absolute atomic E-state index is 13.4. The van der Waals surface area contributed by atoms with Crippen LogP contribution < -0.4 is 10.6 Å². The van der Waals surface area contributed by atoms with Gasteiger partial charge >= 0.3 is 6.18 Å². The first-order valence-corrected chi connectivity index (χ1v) is 8.13. The van der Waals surface area contributed by atoms with Gasteiger partial charge in [0, 0.05) is 17.8 Å². The van der Waals surface area contributed by atoms with Crippen LogP contribution in [-0.4, -0.2) is 28.4 Å². The van der Waals surface area contributed by atoms with Gasteiger partial charge in [-0.1, -0.05) is 12.1 Å². The molecule has 2 aromatic heterocycles. The third kappa shape index (κ3) is 3.03. The van der Waals surface area contributed by atoms with E-state index in [9.17, 15) is 18.0 Å². The minimum Gasteiger partial charge on any atom is -0.362 e. The van der Waals surface area contributed by atoms with Crippen molar-refractivity contribution >= 4 is 23.1 Å². The molecule has 0 bridgehead atoms. The Labute approximate surface area is 140 Å². The third-order valence-corrected chi connectivity index (χ3v) is 4.76. The van der Waals surface area contributed by atoms with Crippen LogP contribution in [0.3, 0.4) is 0 Å². The van der Waals surface area contributed by atoms with Crippen molar-refractivity contribution < 1.29 is 18.0 Å². The molecule has 0 spiro atoms. The van der Waals surface area contributed by atoms with Gasteiger partial charge in [-0.05, 0) is 11.4 Å². The zero-order valence-corrected chi connectivity index (χ0v) is 13.3. The standard InChI is InChI=1S/C15H15F3N4OS/c1-2-5-19-14(23)9-8-20-22-12(15(16,17)18)7-10(21-13(9)22)11-4-3-6-24-11/h2-4,6,8,10,12,21H,1,5,7H2,(H,19,23). The highest BCUT2D eigenvalue weighted by atomic mass is 32.1. The fraction of sp³-hybridized carbons (Fsp3) is 0.333. The van der Waals surface area contributed by atoms with E-state index in [-0.39, 0.29) is 24.3 Å². The second-order valence-corrected chi connectivity index (χ2v) is 6.33. The van der Waals surface area contributed by atoms with Gasteiger partial charge in [-0.2, -0.15) is 18.3 Å². The second-order valence-electron chi connectivity index (χ2n) is 5.36. The minimum atomic E-state index is -4.45. The van der Waals surface area contributed by atoms with Crippen LogP contribution in [0.1, 0.15) is 33.7 Å². The van der Waals surface area contributed by atoms with E-state index >= 15 is 0 Å². The lowest BCUT2D eigenvalue weighted by Gasteiger charge is -2.33. The molecule has 0 aromatic carbocycles. The highest BCUT2D eigenvalue weighted by molar-refractivity contribution is 7.10. The van der Waals surface area contributed by atoms with Crippen LogP contribution in [-0.2, 0) is 0 Å². The maximum Gasteiger partial charge on any atom is 0.410 e. The van der Waals surface area contributed by atoms with E-state index in [4.69, 9.17) is 0 Å². The highest BCUT2D eigenvalue weighted by Crippen LogP contribution is 2.44. The Balaban J connectivity index is 1.99. The van der Waals surface area contributed by atoms with Crippen molar-refractivity contribution in [1.29, 1.82) is 0 Å². The number of hydrogen-bond donors (Lipinski definition) is 2. The fourth-order valence-electron chi connectivity index (χ4n) is 2.66. The van der Waals surface area contributed by atoms with Crippen LogP contribution in [0.2, 0.25) is 0 Å². The number of amides is 1. The number of rotatable bonds is 4. The number of halogens is 3. The van der Waals surface area contributed by atoms with Gasteiger partial charge in [-0.15, -0.1) is 17.9 Å². The topological polar surface area (TPSA) is 59.0 Å². The first-order valence-electron chi connectivity index (χ1n) is 7.25. The molecule has 2 aromatic rings. The highest BCUT2D eigenvalue weighted by Gasteiger charge is 2.47. The maximum atomic E-state index is 13.4.